The van der Waals surface area contributed by atoms with E-state index in [9.17, 15) is 4.79 Å². The average Bonchev–Trinajstić information content (AvgIpc) is 2.57. The molecule has 0 saturated carbocycles. The predicted molar refractivity (Wildman–Crippen MR) is 99.0 cm³/mol. The van der Waals surface area contributed by atoms with Gasteiger partial charge in [-0.05, 0) is 31.4 Å². The highest BCUT2D eigenvalue weighted by molar-refractivity contribution is 7.98. The lowest BCUT2D eigenvalue weighted by Gasteiger charge is -2.10. The number of aryl methyl sites for hydroxylation is 1. The van der Waals surface area contributed by atoms with Crippen molar-refractivity contribution in [1.82, 2.24) is 15.3 Å². The predicted octanol–water partition coefficient (Wildman–Crippen LogP) is 3.39. The van der Waals surface area contributed by atoms with Gasteiger partial charge in [0.2, 0.25) is 5.88 Å². The standard InChI is InChI=1S/C16H17Cl2N3O3S/c1-10-7-15(21-16(20-10)25-2)23-6-5-19-14(22)9-24-13-4-3-11(17)8-12(13)18/h3-4,7-8H,5-6,9H2,1-2H3,(H,19,22). The Morgan fingerprint density at radius 3 is 2.76 bits per heavy atom. The van der Waals surface area contributed by atoms with Crippen LogP contribution in [0.1, 0.15) is 5.69 Å². The van der Waals surface area contributed by atoms with Gasteiger partial charge in [0, 0.05) is 16.8 Å². The molecule has 0 aliphatic rings. The van der Waals surface area contributed by atoms with Crippen LogP contribution >= 0.6 is 35.0 Å². The molecule has 25 heavy (non-hydrogen) atoms. The Hall–Kier alpha value is -1.70. The Morgan fingerprint density at radius 1 is 1.24 bits per heavy atom. The van der Waals surface area contributed by atoms with E-state index in [4.69, 9.17) is 32.7 Å². The van der Waals surface area contributed by atoms with Gasteiger partial charge in [0.05, 0.1) is 11.6 Å². The van der Waals surface area contributed by atoms with Crippen molar-refractivity contribution in [2.24, 2.45) is 0 Å². The van der Waals surface area contributed by atoms with E-state index in [0.29, 0.717) is 33.4 Å². The van der Waals surface area contributed by atoms with Crippen molar-refractivity contribution in [1.29, 1.82) is 0 Å². The second kappa shape index (κ2) is 9.70. The van der Waals surface area contributed by atoms with Gasteiger partial charge in [-0.1, -0.05) is 35.0 Å². The highest BCUT2D eigenvalue weighted by Crippen LogP contribution is 2.27. The molecule has 134 valence electrons. The van der Waals surface area contributed by atoms with Crippen molar-refractivity contribution in [2.75, 3.05) is 26.0 Å². The molecule has 0 atom stereocenters. The summed E-state index contributed by atoms with van der Waals surface area (Å²) in [6, 6.07) is 6.55. The SMILES string of the molecule is CSc1nc(C)cc(OCCNC(=O)COc2ccc(Cl)cc2Cl)n1. The molecular weight excluding hydrogens is 385 g/mol. The van der Waals surface area contributed by atoms with Crippen molar-refractivity contribution < 1.29 is 14.3 Å². The summed E-state index contributed by atoms with van der Waals surface area (Å²) in [6.07, 6.45) is 1.89. The van der Waals surface area contributed by atoms with Gasteiger partial charge in [-0.3, -0.25) is 4.79 Å². The van der Waals surface area contributed by atoms with Crippen LogP contribution in [0, 0.1) is 6.92 Å². The quantitative estimate of drug-likeness (QED) is 0.415. The summed E-state index contributed by atoms with van der Waals surface area (Å²) in [5.74, 6) is 0.604. The Bertz CT molecular complexity index is 747. The number of hydrogen-bond acceptors (Lipinski definition) is 6. The van der Waals surface area contributed by atoms with Crippen molar-refractivity contribution in [2.45, 2.75) is 12.1 Å². The molecule has 1 heterocycles. The minimum absolute atomic E-state index is 0.148. The third kappa shape index (κ3) is 6.61. The number of ether oxygens (including phenoxy) is 2. The highest BCUT2D eigenvalue weighted by Gasteiger charge is 2.07. The van der Waals surface area contributed by atoms with Crippen molar-refractivity contribution in [3.8, 4) is 11.6 Å². The van der Waals surface area contributed by atoms with Crippen LogP contribution in [0.3, 0.4) is 0 Å². The zero-order chi connectivity index (χ0) is 18.2. The maximum absolute atomic E-state index is 11.8. The van der Waals surface area contributed by atoms with Gasteiger partial charge < -0.3 is 14.8 Å². The van der Waals surface area contributed by atoms with E-state index >= 15 is 0 Å². The molecule has 0 bridgehead atoms. The van der Waals surface area contributed by atoms with Crippen molar-refractivity contribution >= 4 is 40.9 Å². The number of halogens is 2. The lowest BCUT2D eigenvalue weighted by atomic mass is 10.3. The van der Waals surface area contributed by atoms with Gasteiger partial charge in [-0.2, -0.15) is 4.98 Å². The topological polar surface area (TPSA) is 73.3 Å². The largest absolute Gasteiger partial charge is 0.482 e. The van der Waals surface area contributed by atoms with Gasteiger partial charge in [-0.15, -0.1) is 0 Å². The minimum atomic E-state index is -0.279. The zero-order valence-electron chi connectivity index (χ0n) is 13.7. The maximum Gasteiger partial charge on any atom is 0.258 e. The molecule has 0 radical (unpaired) electrons. The number of carbonyl (C=O) groups excluding carboxylic acids is 1. The zero-order valence-corrected chi connectivity index (χ0v) is 16.0. The molecule has 0 saturated heterocycles. The smallest absolute Gasteiger partial charge is 0.258 e. The summed E-state index contributed by atoms with van der Waals surface area (Å²) in [6.45, 7) is 2.34. The summed E-state index contributed by atoms with van der Waals surface area (Å²) in [7, 11) is 0. The minimum Gasteiger partial charge on any atom is -0.482 e. The molecule has 0 fully saturated rings. The fraction of sp³-hybridized carbons (Fsp3) is 0.312. The Balaban J connectivity index is 1.71. The van der Waals surface area contributed by atoms with Crippen molar-refractivity contribution in [3.63, 3.8) is 0 Å². The second-order valence-electron chi connectivity index (χ2n) is 4.90. The number of thioether (sulfide) groups is 1. The van der Waals surface area contributed by atoms with Crippen LogP contribution in [0.4, 0.5) is 0 Å². The number of rotatable bonds is 8. The van der Waals surface area contributed by atoms with Crippen molar-refractivity contribution in [3.05, 3.63) is 40.0 Å². The van der Waals surface area contributed by atoms with Crippen LogP contribution in [-0.4, -0.2) is 41.9 Å². The molecular formula is C16H17Cl2N3O3S. The van der Waals surface area contributed by atoms with Crippen LogP contribution in [0.5, 0.6) is 11.6 Å². The Morgan fingerprint density at radius 2 is 2.04 bits per heavy atom. The number of carbonyl (C=O) groups is 1. The summed E-state index contributed by atoms with van der Waals surface area (Å²) in [5, 5.41) is 4.19. The van der Waals surface area contributed by atoms with Gasteiger partial charge in [0.1, 0.15) is 12.4 Å². The van der Waals surface area contributed by atoms with Crippen LogP contribution in [0.25, 0.3) is 0 Å². The number of nitrogens with zero attached hydrogens (tertiary/aromatic N) is 2. The molecule has 0 aliphatic carbocycles. The summed E-state index contributed by atoms with van der Waals surface area (Å²) >= 11 is 13.2. The van der Waals surface area contributed by atoms with Gasteiger partial charge in [-0.25, -0.2) is 4.98 Å². The number of nitrogens with one attached hydrogen (secondary N) is 1. The fourth-order valence-corrected chi connectivity index (χ4v) is 2.69. The van der Waals surface area contributed by atoms with Crippen LogP contribution < -0.4 is 14.8 Å². The molecule has 9 heteroatoms. The third-order valence-corrected chi connectivity index (χ3v) is 4.00. The van der Waals surface area contributed by atoms with E-state index in [-0.39, 0.29) is 19.1 Å². The average molecular weight is 402 g/mol. The van der Waals surface area contributed by atoms with E-state index in [0.717, 1.165) is 5.69 Å². The van der Waals surface area contributed by atoms with Crippen LogP contribution in [0.2, 0.25) is 10.0 Å². The highest BCUT2D eigenvalue weighted by atomic mass is 35.5. The number of aromatic nitrogens is 2. The first kappa shape index (κ1) is 19.6. The fourth-order valence-electron chi connectivity index (χ4n) is 1.81. The second-order valence-corrected chi connectivity index (χ2v) is 6.51. The summed E-state index contributed by atoms with van der Waals surface area (Å²) in [4.78, 5) is 20.2. The molecule has 1 N–H and O–H groups in total. The molecule has 2 rings (SSSR count). The lowest BCUT2D eigenvalue weighted by molar-refractivity contribution is -0.123. The monoisotopic (exact) mass is 401 g/mol. The van der Waals surface area contributed by atoms with E-state index in [2.05, 4.69) is 15.3 Å². The summed E-state index contributed by atoms with van der Waals surface area (Å²) in [5.41, 5.74) is 0.826. The molecule has 0 spiro atoms. The van der Waals surface area contributed by atoms with E-state index in [1.807, 2.05) is 13.2 Å². The number of amides is 1. The lowest BCUT2D eigenvalue weighted by Crippen LogP contribution is -2.32. The van der Waals surface area contributed by atoms with Gasteiger partial charge in [0.15, 0.2) is 11.8 Å². The summed E-state index contributed by atoms with van der Waals surface area (Å²) < 4.78 is 10.9. The molecule has 0 aliphatic heterocycles. The molecule has 1 aromatic heterocycles. The molecule has 1 aromatic carbocycles. The molecule has 6 nitrogen and oxygen atoms in total. The Labute approximate surface area is 160 Å². The first-order valence-corrected chi connectivity index (χ1v) is 9.33. The normalized spacial score (nSPS) is 10.4. The molecule has 2 aromatic rings. The Kier molecular flexibility index (Phi) is 7.61. The van der Waals surface area contributed by atoms with Crippen LogP contribution in [0.15, 0.2) is 29.4 Å². The first-order chi connectivity index (χ1) is 12.0. The third-order valence-electron chi connectivity index (χ3n) is 2.92. The van der Waals surface area contributed by atoms with E-state index in [1.54, 1.807) is 24.3 Å². The maximum atomic E-state index is 11.8. The number of hydrogen-bond donors (Lipinski definition) is 1. The van der Waals surface area contributed by atoms with Gasteiger partial charge >= 0.3 is 0 Å². The number of benzene rings is 1. The molecule has 1 amide bonds. The van der Waals surface area contributed by atoms with Gasteiger partial charge in [0.25, 0.3) is 5.91 Å². The van der Waals surface area contributed by atoms with E-state index in [1.165, 1.54) is 11.8 Å². The molecule has 0 unspecified atom stereocenters. The van der Waals surface area contributed by atoms with E-state index < -0.39 is 0 Å². The first-order valence-electron chi connectivity index (χ1n) is 7.35. The van der Waals surface area contributed by atoms with Crippen LogP contribution in [-0.2, 0) is 4.79 Å².